The maximum Gasteiger partial charge on any atom is 0.339 e. The van der Waals surface area contributed by atoms with Gasteiger partial charge in [-0.15, -0.1) is 0 Å². The molecule has 0 fully saturated rings. The summed E-state index contributed by atoms with van der Waals surface area (Å²) < 4.78 is 22.0. The molecule has 1 amide bonds. The molecular weight excluding hydrogens is 420 g/mol. The molecule has 2 aromatic rings. The number of carbonyl (C=O) groups excluding carboxylic acids is 2. The van der Waals surface area contributed by atoms with Gasteiger partial charge in [-0.25, -0.2) is 4.79 Å². The number of anilines is 1. The summed E-state index contributed by atoms with van der Waals surface area (Å²) in [6, 6.07) is 8.37. The van der Waals surface area contributed by atoms with E-state index in [-0.39, 0.29) is 16.9 Å². The van der Waals surface area contributed by atoms with Crippen LogP contribution < -0.4 is 19.5 Å². The number of hydrogen-bond donors (Lipinski definition) is 1. The van der Waals surface area contributed by atoms with Crippen LogP contribution >= 0.6 is 0 Å². The molecule has 1 atom stereocenters. The van der Waals surface area contributed by atoms with E-state index in [1.807, 2.05) is 6.92 Å². The zero-order valence-electron chi connectivity index (χ0n) is 18.4. The number of benzene rings is 2. The molecule has 2 aromatic carbocycles. The van der Waals surface area contributed by atoms with Crippen LogP contribution in [0, 0.1) is 10.1 Å². The van der Waals surface area contributed by atoms with Crippen molar-refractivity contribution < 1.29 is 33.5 Å². The van der Waals surface area contributed by atoms with Gasteiger partial charge >= 0.3 is 5.97 Å². The van der Waals surface area contributed by atoms with E-state index in [4.69, 9.17) is 18.9 Å². The number of esters is 1. The summed E-state index contributed by atoms with van der Waals surface area (Å²) >= 11 is 0. The summed E-state index contributed by atoms with van der Waals surface area (Å²) in [5.41, 5.74) is 0.162. The zero-order chi connectivity index (χ0) is 23.7. The minimum Gasteiger partial charge on any atom is -0.490 e. The summed E-state index contributed by atoms with van der Waals surface area (Å²) in [4.78, 5) is 35.4. The number of nitrogens with zero attached hydrogens (tertiary/aromatic N) is 1. The van der Waals surface area contributed by atoms with E-state index in [1.54, 1.807) is 13.8 Å². The van der Waals surface area contributed by atoms with Gasteiger partial charge in [0, 0.05) is 17.8 Å². The van der Waals surface area contributed by atoms with Gasteiger partial charge in [-0.05, 0) is 45.9 Å². The van der Waals surface area contributed by atoms with Crippen molar-refractivity contribution in [2.24, 2.45) is 0 Å². The molecule has 32 heavy (non-hydrogen) atoms. The minimum atomic E-state index is -1.17. The van der Waals surface area contributed by atoms with Crippen molar-refractivity contribution >= 4 is 23.3 Å². The second kappa shape index (κ2) is 11.5. The van der Waals surface area contributed by atoms with Gasteiger partial charge in [0.1, 0.15) is 0 Å². The van der Waals surface area contributed by atoms with Crippen molar-refractivity contribution in [3.8, 4) is 17.2 Å². The maximum absolute atomic E-state index is 12.7. The van der Waals surface area contributed by atoms with Crippen LogP contribution in [0.4, 0.5) is 11.4 Å². The van der Waals surface area contributed by atoms with E-state index < -0.39 is 22.9 Å². The SMILES string of the molecule is CCOc1cc(C(=O)OC(C)C(=O)Nc2cccc([N+](=O)[O-])c2)cc(OCC)c1OCC. The Bertz CT molecular complexity index is 949. The quantitative estimate of drug-likeness (QED) is 0.312. The summed E-state index contributed by atoms with van der Waals surface area (Å²) in [5, 5.41) is 13.4. The van der Waals surface area contributed by atoms with Gasteiger partial charge in [0.15, 0.2) is 17.6 Å². The molecule has 172 valence electrons. The Kier molecular flexibility index (Phi) is 8.82. The van der Waals surface area contributed by atoms with Gasteiger partial charge in [-0.2, -0.15) is 0 Å². The summed E-state index contributed by atoms with van der Waals surface area (Å²) in [5.74, 6) is -0.386. The van der Waals surface area contributed by atoms with Crippen LogP contribution in [0.25, 0.3) is 0 Å². The largest absolute Gasteiger partial charge is 0.490 e. The van der Waals surface area contributed by atoms with Crippen molar-refractivity contribution in [2.75, 3.05) is 25.1 Å². The Balaban J connectivity index is 2.18. The Hall–Kier alpha value is -3.82. The molecule has 0 aliphatic heterocycles. The van der Waals surface area contributed by atoms with Gasteiger partial charge in [-0.3, -0.25) is 14.9 Å². The highest BCUT2D eigenvalue weighted by molar-refractivity contribution is 5.98. The number of carbonyl (C=O) groups is 2. The number of nitrogens with one attached hydrogen (secondary N) is 1. The molecular formula is C22H26N2O8. The average molecular weight is 446 g/mol. The normalized spacial score (nSPS) is 11.2. The first-order valence-electron chi connectivity index (χ1n) is 10.1. The number of amides is 1. The molecule has 0 aliphatic rings. The van der Waals surface area contributed by atoms with Crippen molar-refractivity contribution in [1.29, 1.82) is 0 Å². The van der Waals surface area contributed by atoms with Gasteiger partial charge in [-0.1, -0.05) is 6.07 Å². The second-order valence-electron chi connectivity index (χ2n) is 6.44. The van der Waals surface area contributed by atoms with E-state index in [0.717, 1.165) is 0 Å². The number of ether oxygens (including phenoxy) is 4. The van der Waals surface area contributed by atoms with Gasteiger partial charge < -0.3 is 24.3 Å². The highest BCUT2D eigenvalue weighted by atomic mass is 16.6. The molecule has 1 N–H and O–H groups in total. The van der Waals surface area contributed by atoms with Crippen LogP contribution in [0.3, 0.4) is 0 Å². The van der Waals surface area contributed by atoms with E-state index in [9.17, 15) is 19.7 Å². The standard InChI is InChI=1S/C22H26N2O8/c1-5-29-18-11-15(12-19(30-6-2)20(18)31-7-3)22(26)32-14(4)21(25)23-16-9-8-10-17(13-16)24(27)28/h8-14H,5-7H2,1-4H3,(H,23,25). The summed E-state index contributed by atoms with van der Waals surface area (Å²) in [6.07, 6.45) is -1.17. The Morgan fingerprint density at radius 1 is 1.00 bits per heavy atom. The predicted octanol–water partition coefficient (Wildman–Crippen LogP) is 3.97. The first-order valence-corrected chi connectivity index (χ1v) is 10.1. The fraction of sp³-hybridized carbons (Fsp3) is 0.364. The maximum atomic E-state index is 12.7. The molecule has 0 saturated carbocycles. The molecule has 2 rings (SSSR count). The Labute approximate surface area is 185 Å². The number of non-ortho nitro benzene ring substituents is 1. The number of hydrogen-bond acceptors (Lipinski definition) is 8. The van der Waals surface area contributed by atoms with E-state index in [2.05, 4.69) is 5.32 Å². The first kappa shape index (κ1) is 24.4. The second-order valence-corrected chi connectivity index (χ2v) is 6.44. The van der Waals surface area contributed by atoms with Crippen molar-refractivity contribution in [2.45, 2.75) is 33.8 Å². The van der Waals surface area contributed by atoms with E-state index >= 15 is 0 Å². The molecule has 10 nitrogen and oxygen atoms in total. The number of nitro groups is 1. The lowest BCUT2D eigenvalue weighted by atomic mass is 10.1. The molecule has 0 bridgehead atoms. The molecule has 0 aliphatic carbocycles. The lowest BCUT2D eigenvalue weighted by Crippen LogP contribution is -2.30. The summed E-state index contributed by atoms with van der Waals surface area (Å²) in [7, 11) is 0. The number of rotatable bonds is 11. The molecule has 10 heteroatoms. The van der Waals surface area contributed by atoms with E-state index in [0.29, 0.717) is 37.1 Å². The van der Waals surface area contributed by atoms with Crippen molar-refractivity contribution in [1.82, 2.24) is 0 Å². The highest BCUT2D eigenvalue weighted by Gasteiger charge is 2.23. The highest BCUT2D eigenvalue weighted by Crippen LogP contribution is 2.39. The van der Waals surface area contributed by atoms with Crippen molar-refractivity contribution in [3.05, 3.63) is 52.1 Å². The lowest BCUT2D eigenvalue weighted by molar-refractivity contribution is -0.384. The molecule has 1 unspecified atom stereocenters. The topological polar surface area (TPSA) is 126 Å². The molecule has 0 saturated heterocycles. The van der Waals surface area contributed by atoms with E-state index in [1.165, 1.54) is 43.3 Å². The van der Waals surface area contributed by atoms with Crippen molar-refractivity contribution in [3.63, 3.8) is 0 Å². The Morgan fingerprint density at radius 2 is 1.59 bits per heavy atom. The smallest absolute Gasteiger partial charge is 0.339 e. The third-order valence-electron chi connectivity index (χ3n) is 4.12. The average Bonchev–Trinajstić information content (AvgIpc) is 2.76. The van der Waals surface area contributed by atoms with Gasteiger partial charge in [0.2, 0.25) is 5.75 Å². The molecule has 0 heterocycles. The number of nitro benzene ring substituents is 1. The van der Waals surface area contributed by atoms with Crippen LogP contribution in [0.1, 0.15) is 38.1 Å². The van der Waals surface area contributed by atoms with Crippen LogP contribution in [-0.4, -0.2) is 42.7 Å². The monoisotopic (exact) mass is 446 g/mol. The molecule has 0 radical (unpaired) electrons. The fourth-order valence-corrected chi connectivity index (χ4v) is 2.73. The molecule has 0 spiro atoms. The van der Waals surface area contributed by atoms with Gasteiger partial charge in [0.05, 0.1) is 30.3 Å². The third-order valence-corrected chi connectivity index (χ3v) is 4.12. The fourth-order valence-electron chi connectivity index (χ4n) is 2.73. The van der Waals surface area contributed by atoms with Crippen LogP contribution in [0.15, 0.2) is 36.4 Å². The predicted molar refractivity (Wildman–Crippen MR) is 117 cm³/mol. The molecule has 0 aromatic heterocycles. The Morgan fingerprint density at radius 3 is 2.12 bits per heavy atom. The van der Waals surface area contributed by atoms with Crippen LogP contribution in [-0.2, 0) is 9.53 Å². The van der Waals surface area contributed by atoms with Crippen LogP contribution in [0.2, 0.25) is 0 Å². The lowest BCUT2D eigenvalue weighted by Gasteiger charge is -2.18. The summed E-state index contributed by atoms with van der Waals surface area (Å²) in [6.45, 7) is 7.85. The van der Waals surface area contributed by atoms with Gasteiger partial charge in [0.25, 0.3) is 11.6 Å². The first-order chi connectivity index (χ1) is 15.3. The minimum absolute atomic E-state index is 0.121. The van der Waals surface area contributed by atoms with Crippen LogP contribution in [0.5, 0.6) is 17.2 Å². The third kappa shape index (κ3) is 6.34. The zero-order valence-corrected chi connectivity index (χ0v) is 18.4.